The Hall–Kier alpha value is -2.25. The van der Waals surface area contributed by atoms with Gasteiger partial charge in [-0.1, -0.05) is 23.2 Å². The van der Waals surface area contributed by atoms with Crippen molar-refractivity contribution >= 4 is 35.0 Å². The lowest BCUT2D eigenvalue weighted by Crippen LogP contribution is -2.41. The molecule has 0 fully saturated rings. The molecule has 0 radical (unpaired) electrons. The molecular weight excluding hydrogens is 339 g/mol. The lowest BCUT2D eigenvalue weighted by atomic mass is 10.2. The second-order valence-corrected chi connectivity index (χ2v) is 4.83. The van der Waals surface area contributed by atoms with Crippen LogP contribution in [0.2, 0.25) is 10.0 Å². The maximum absolute atomic E-state index is 13.0. The van der Waals surface area contributed by atoms with Gasteiger partial charge in [0.15, 0.2) is 11.6 Å². The van der Waals surface area contributed by atoms with Gasteiger partial charge in [0.25, 0.3) is 11.8 Å². The van der Waals surface area contributed by atoms with Gasteiger partial charge in [-0.2, -0.15) is 0 Å². The maximum atomic E-state index is 13.0. The van der Waals surface area contributed by atoms with Gasteiger partial charge in [0.05, 0.1) is 15.6 Å². The van der Waals surface area contributed by atoms with Crippen LogP contribution < -0.4 is 10.9 Å². The highest BCUT2D eigenvalue weighted by Crippen LogP contribution is 2.22. The summed E-state index contributed by atoms with van der Waals surface area (Å²) in [5.74, 6) is -3.89. The van der Waals surface area contributed by atoms with Crippen molar-refractivity contribution in [3.8, 4) is 0 Å². The first kappa shape index (κ1) is 16.1. The molecule has 0 bridgehead atoms. The van der Waals surface area contributed by atoms with Gasteiger partial charge in [-0.25, -0.2) is 8.78 Å². The molecular formula is C13H7Cl2F2N3O2. The summed E-state index contributed by atoms with van der Waals surface area (Å²) < 4.78 is 25.8. The van der Waals surface area contributed by atoms with Crippen molar-refractivity contribution in [1.82, 2.24) is 15.8 Å². The molecule has 2 amide bonds. The minimum absolute atomic E-state index is 0.00734. The fourth-order valence-electron chi connectivity index (χ4n) is 1.51. The molecule has 1 heterocycles. The number of hydrogen-bond donors (Lipinski definition) is 2. The molecule has 0 spiro atoms. The molecule has 114 valence electrons. The van der Waals surface area contributed by atoms with Crippen molar-refractivity contribution in [1.29, 1.82) is 0 Å². The molecule has 22 heavy (non-hydrogen) atoms. The number of hydrogen-bond acceptors (Lipinski definition) is 3. The van der Waals surface area contributed by atoms with E-state index in [-0.39, 0.29) is 21.2 Å². The highest BCUT2D eigenvalue weighted by atomic mass is 35.5. The maximum Gasteiger partial charge on any atom is 0.272 e. The zero-order chi connectivity index (χ0) is 16.3. The fourth-order valence-corrected chi connectivity index (χ4v) is 2.05. The van der Waals surface area contributed by atoms with Crippen LogP contribution in [0.25, 0.3) is 0 Å². The quantitative estimate of drug-likeness (QED) is 0.822. The molecule has 1 aromatic heterocycles. The molecule has 0 aliphatic carbocycles. The Morgan fingerprint density at radius 2 is 1.55 bits per heavy atom. The van der Waals surface area contributed by atoms with E-state index in [0.717, 1.165) is 12.1 Å². The summed E-state index contributed by atoms with van der Waals surface area (Å²) in [6.45, 7) is 0. The van der Waals surface area contributed by atoms with E-state index in [9.17, 15) is 18.4 Å². The van der Waals surface area contributed by atoms with E-state index in [1.165, 1.54) is 12.4 Å². The number of nitrogens with zero attached hydrogens (tertiary/aromatic N) is 1. The molecule has 9 heteroatoms. The monoisotopic (exact) mass is 345 g/mol. The van der Waals surface area contributed by atoms with E-state index in [0.29, 0.717) is 6.07 Å². The summed E-state index contributed by atoms with van der Waals surface area (Å²) in [4.78, 5) is 27.3. The summed E-state index contributed by atoms with van der Waals surface area (Å²) in [5.41, 5.74) is 3.84. The van der Waals surface area contributed by atoms with E-state index in [1.807, 2.05) is 5.43 Å². The molecule has 2 rings (SSSR count). The van der Waals surface area contributed by atoms with Crippen LogP contribution in [-0.4, -0.2) is 16.8 Å². The van der Waals surface area contributed by atoms with Crippen LogP contribution in [0.1, 0.15) is 20.7 Å². The zero-order valence-corrected chi connectivity index (χ0v) is 12.2. The number of pyridine rings is 1. The number of nitrogens with one attached hydrogen (secondary N) is 2. The van der Waals surface area contributed by atoms with Gasteiger partial charge in [-0.3, -0.25) is 25.4 Å². The van der Waals surface area contributed by atoms with Crippen LogP contribution in [0.3, 0.4) is 0 Å². The van der Waals surface area contributed by atoms with Crippen molar-refractivity contribution in [2.45, 2.75) is 0 Å². The van der Waals surface area contributed by atoms with Crippen molar-refractivity contribution in [2.24, 2.45) is 0 Å². The first-order valence-corrected chi connectivity index (χ1v) is 6.50. The molecule has 2 aromatic rings. The molecule has 0 aliphatic rings. The predicted octanol–water partition coefficient (Wildman–Crippen LogP) is 2.74. The number of amides is 2. The average molecular weight is 346 g/mol. The molecule has 5 nitrogen and oxygen atoms in total. The third-order valence-corrected chi connectivity index (χ3v) is 3.12. The van der Waals surface area contributed by atoms with Gasteiger partial charge in [0, 0.05) is 18.0 Å². The Morgan fingerprint density at radius 1 is 0.955 bits per heavy atom. The smallest absolute Gasteiger partial charge is 0.267 e. The molecule has 1 aromatic carbocycles. The molecule has 2 N–H and O–H groups in total. The largest absolute Gasteiger partial charge is 0.272 e. The van der Waals surface area contributed by atoms with E-state index >= 15 is 0 Å². The summed E-state index contributed by atoms with van der Waals surface area (Å²) in [5, 5.41) is -0.0147. The molecule has 0 saturated carbocycles. The third kappa shape index (κ3) is 3.49. The Morgan fingerprint density at radius 3 is 2.14 bits per heavy atom. The summed E-state index contributed by atoms with van der Waals surface area (Å²) >= 11 is 11.6. The number of hydrazine groups is 1. The van der Waals surface area contributed by atoms with Crippen molar-refractivity contribution in [3.05, 3.63) is 63.4 Å². The van der Waals surface area contributed by atoms with Gasteiger partial charge in [0.2, 0.25) is 0 Å². The Labute approximate surface area is 133 Å². The average Bonchev–Trinajstić information content (AvgIpc) is 2.47. The normalized spacial score (nSPS) is 10.2. The summed E-state index contributed by atoms with van der Waals surface area (Å²) in [6, 6.07) is 2.55. The van der Waals surface area contributed by atoms with Crippen LogP contribution in [-0.2, 0) is 0 Å². The van der Waals surface area contributed by atoms with Gasteiger partial charge in [-0.15, -0.1) is 0 Å². The van der Waals surface area contributed by atoms with Gasteiger partial charge in [-0.05, 0) is 18.2 Å². The number of rotatable bonds is 2. The van der Waals surface area contributed by atoms with Crippen LogP contribution >= 0.6 is 23.2 Å². The highest BCUT2D eigenvalue weighted by molar-refractivity contribution is 6.39. The highest BCUT2D eigenvalue weighted by Gasteiger charge is 2.16. The van der Waals surface area contributed by atoms with Crippen LogP contribution in [0, 0.1) is 11.6 Å². The lowest BCUT2D eigenvalue weighted by Gasteiger charge is -2.09. The van der Waals surface area contributed by atoms with Crippen molar-refractivity contribution in [3.63, 3.8) is 0 Å². The molecule has 0 unspecified atom stereocenters. The zero-order valence-electron chi connectivity index (χ0n) is 10.7. The van der Waals surface area contributed by atoms with Gasteiger partial charge >= 0.3 is 0 Å². The van der Waals surface area contributed by atoms with Crippen molar-refractivity contribution in [2.75, 3.05) is 0 Å². The van der Waals surface area contributed by atoms with Crippen molar-refractivity contribution < 1.29 is 18.4 Å². The fraction of sp³-hybridized carbons (Fsp3) is 0. The first-order chi connectivity index (χ1) is 10.4. The second kappa shape index (κ2) is 6.67. The van der Waals surface area contributed by atoms with E-state index in [1.54, 1.807) is 0 Å². The van der Waals surface area contributed by atoms with E-state index in [4.69, 9.17) is 23.2 Å². The SMILES string of the molecule is O=C(NNC(=O)c1c(Cl)cncc1Cl)c1ccc(F)c(F)c1. The minimum atomic E-state index is -1.18. The van der Waals surface area contributed by atoms with E-state index in [2.05, 4.69) is 10.4 Å². The lowest BCUT2D eigenvalue weighted by molar-refractivity contribution is 0.0846. The summed E-state index contributed by atoms with van der Waals surface area (Å²) in [7, 11) is 0. The Kier molecular flexibility index (Phi) is 4.89. The Balaban J connectivity index is 2.07. The topological polar surface area (TPSA) is 71.1 Å². The standard InChI is InChI=1S/C13H7Cl2F2N3O2/c14-7-4-18-5-8(15)11(7)13(22)20-19-12(21)6-1-2-9(16)10(17)3-6/h1-5H,(H,19,21)(H,20,22). The number of benzene rings is 1. The molecule has 0 atom stereocenters. The first-order valence-electron chi connectivity index (χ1n) is 5.75. The van der Waals surface area contributed by atoms with Crippen LogP contribution in [0.5, 0.6) is 0 Å². The van der Waals surface area contributed by atoms with Crippen LogP contribution in [0.4, 0.5) is 8.78 Å². The number of carbonyl (C=O) groups is 2. The number of aromatic nitrogens is 1. The number of carbonyl (C=O) groups excluding carboxylic acids is 2. The molecule has 0 aliphatic heterocycles. The minimum Gasteiger partial charge on any atom is -0.267 e. The number of halogens is 4. The van der Waals surface area contributed by atoms with Crippen LogP contribution in [0.15, 0.2) is 30.6 Å². The third-order valence-electron chi connectivity index (χ3n) is 2.55. The molecule has 0 saturated heterocycles. The summed E-state index contributed by atoms with van der Waals surface area (Å²) in [6.07, 6.45) is 2.42. The van der Waals surface area contributed by atoms with E-state index < -0.39 is 23.4 Å². The predicted molar refractivity (Wildman–Crippen MR) is 75.5 cm³/mol. The van der Waals surface area contributed by atoms with Gasteiger partial charge < -0.3 is 0 Å². The Bertz CT molecular complexity index is 736. The van der Waals surface area contributed by atoms with Gasteiger partial charge in [0.1, 0.15) is 0 Å². The second-order valence-electron chi connectivity index (χ2n) is 4.02.